The number of oxazole rings is 1. The molecule has 0 aliphatic carbocycles. The van der Waals surface area contributed by atoms with Crippen LogP contribution in [0, 0.1) is 0 Å². The fourth-order valence-electron chi connectivity index (χ4n) is 3.31. The first-order chi connectivity index (χ1) is 12.4. The number of nitrogens with zero attached hydrogens (tertiary/aromatic N) is 3. The molecule has 1 aromatic heterocycles. The van der Waals surface area contributed by atoms with Gasteiger partial charge in [-0.1, -0.05) is 30.3 Å². The number of fused-ring (bicyclic) bond motifs is 1. The Balaban J connectivity index is 1.18. The Hall–Kier alpha value is -2.53. The van der Waals surface area contributed by atoms with Crippen LogP contribution >= 0.6 is 0 Å². The molecule has 1 aliphatic heterocycles. The third-order valence-electron chi connectivity index (χ3n) is 4.71. The van der Waals surface area contributed by atoms with Crippen molar-refractivity contribution in [2.75, 3.05) is 49.5 Å². The Bertz CT molecular complexity index is 761. The maximum atomic E-state index is 5.68. The first kappa shape index (κ1) is 16.0. The molecule has 4 rings (SSSR count). The highest BCUT2D eigenvalue weighted by molar-refractivity contribution is 5.74. The van der Waals surface area contributed by atoms with E-state index in [1.54, 1.807) is 0 Å². The molecule has 0 unspecified atom stereocenters. The molecular weight excluding hydrogens is 312 g/mol. The van der Waals surface area contributed by atoms with E-state index in [1.807, 2.05) is 24.3 Å². The van der Waals surface area contributed by atoms with Crippen molar-refractivity contribution in [2.24, 2.45) is 0 Å². The topological polar surface area (TPSA) is 44.5 Å². The van der Waals surface area contributed by atoms with Crippen LogP contribution in [0.15, 0.2) is 59.0 Å². The number of nitrogens with one attached hydrogen (secondary N) is 1. The van der Waals surface area contributed by atoms with Crippen LogP contribution in [0.5, 0.6) is 0 Å². The number of piperazine rings is 1. The second-order valence-corrected chi connectivity index (χ2v) is 6.43. The van der Waals surface area contributed by atoms with Crippen LogP contribution in [0.2, 0.25) is 0 Å². The van der Waals surface area contributed by atoms with Crippen LogP contribution in [0.4, 0.5) is 11.7 Å². The zero-order valence-corrected chi connectivity index (χ0v) is 14.4. The van der Waals surface area contributed by atoms with E-state index in [2.05, 4.69) is 50.4 Å². The predicted molar refractivity (Wildman–Crippen MR) is 102 cm³/mol. The quantitative estimate of drug-likeness (QED) is 0.699. The minimum Gasteiger partial charge on any atom is -0.424 e. The van der Waals surface area contributed by atoms with Crippen LogP contribution in [-0.2, 0) is 0 Å². The molecule has 1 fully saturated rings. The summed E-state index contributed by atoms with van der Waals surface area (Å²) in [5.41, 5.74) is 3.07. The van der Waals surface area contributed by atoms with E-state index in [0.717, 1.165) is 56.8 Å². The lowest BCUT2D eigenvalue weighted by Gasteiger charge is -2.36. The normalized spacial score (nSPS) is 15.6. The summed E-state index contributed by atoms with van der Waals surface area (Å²) in [5, 5.41) is 3.29. The van der Waals surface area contributed by atoms with Gasteiger partial charge in [-0.3, -0.25) is 4.90 Å². The average Bonchev–Trinajstić information content (AvgIpc) is 3.09. The van der Waals surface area contributed by atoms with Crippen LogP contribution in [-0.4, -0.2) is 49.2 Å². The van der Waals surface area contributed by atoms with Crippen molar-refractivity contribution < 1.29 is 4.42 Å². The zero-order valence-electron chi connectivity index (χ0n) is 14.4. The minimum absolute atomic E-state index is 0.620. The van der Waals surface area contributed by atoms with Crippen molar-refractivity contribution in [1.82, 2.24) is 9.88 Å². The highest BCUT2D eigenvalue weighted by Gasteiger charge is 2.16. The lowest BCUT2D eigenvalue weighted by molar-refractivity contribution is 0.257. The maximum absolute atomic E-state index is 5.68. The van der Waals surface area contributed by atoms with Crippen molar-refractivity contribution >= 4 is 22.8 Å². The minimum atomic E-state index is 0.620. The summed E-state index contributed by atoms with van der Waals surface area (Å²) in [6, 6.07) is 19.2. The Morgan fingerprint density at radius 2 is 1.68 bits per heavy atom. The van der Waals surface area contributed by atoms with Gasteiger partial charge in [-0.15, -0.1) is 0 Å². The lowest BCUT2D eigenvalue weighted by atomic mass is 10.2. The van der Waals surface area contributed by atoms with Crippen molar-refractivity contribution in [2.45, 2.75) is 6.42 Å². The first-order valence-corrected chi connectivity index (χ1v) is 9.00. The SMILES string of the molecule is c1ccc(N2CCN(CCCNc3nc4ccccc4o3)CC2)cc1. The molecule has 0 radical (unpaired) electrons. The number of benzene rings is 2. The summed E-state index contributed by atoms with van der Waals surface area (Å²) in [4.78, 5) is 9.44. The molecule has 130 valence electrons. The standard InChI is InChI=1S/C20H24N4O/c1-2-7-17(8-3-1)24-15-13-23(14-16-24)12-6-11-21-20-22-18-9-4-5-10-19(18)25-20/h1-5,7-10H,6,11-16H2,(H,21,22). The number of aromatic nitrogens is 1. The lowest BCUT2D eigenvalue weighted by Crippen LogP contribution is -2.46. The molecule has 1 N–H and O–H groups in total. The van der Waals surface area contributed by atoms with Gasteiger partial charge < -0.3 is 14.6 Å². The molecule has 0 amide bonds. The van der Waals surface area contributed by atoms with Gasteiger partial charge in [-0.25, -0.2) is 0 Å². The highest BCUT2D eigenvalue weighted by atomic mass is 16.4. The monoisotopic (exact) mass is 336 g/mol. The fraction of sp³-hybridized carbons (Fsp3) is 0.350. The smallest absolute Gasteiger partial charge is 0.295 e. The molecule has 0 bridgehead atoms. The van der Waals surface area contributed by atoms with Gasteiger partial charge in [-0.05, 0) is 37.2 Å². The molecule has 5 nitrogen and oxygen atoms in total. The molecule has 0 atom stereocenters. The summed E-state index contributed by atoms with van der Waals surface area (Å²) in [5.74, 6) is 0. The molecule has 1 aliphatic rings. The predicted octanol–water partition coefficient (Wildman–Crippen LogP) is 3.45. The summed E-state index contributed by atoms with van der Waals surface area (Å²) >= 11 is 0. The van der Waals surface area contributed by atoms with Crippen LogP contribution in [0.3, 0.4) is 0 Å². The largest absolute Gasteiger partial charge is 0.424 e. The fourth-order valence-corrected chi connectivity index (χ4v) is 3.31. The van der Waals surface area contributed by atoms with Gasteiger partial charge in [0.2, 0.25) is 0 Å². The van der Waals surface area contributed by atoms with Crippen LogP contribution in [0.1, 0.15) is 6.42 Å². The first-order valence-electron chi connectivity index (χ1n) is 9.00. The number of anilines is 2. The van der Waals surface area contributed by atoms with Crippen LogP contribution < -0.4 is 10.2 Å². The number of hydrogen-bond donors (Lipinski definition) is 1. The van der Waals surface area contributed by atoms with E-state index >= 15 is 0 Å². The molecule has 25 heavy (non-hydrogen) atoms. The molecule has 0 spiro atoms. The average molecular weight is 336 g/mol. The van der Waals surface area contributed by atoms with E-state index < -0.39 is 0 Å². The molecule has 0 saturated carbocycles. The molecule has 5 heteroatoms. The van der Waals surface area contributed by atoms with Crippen molar-refractivity contribution in [3.63, 3.8) is 0 Å². The summed E-state index contributed by atoms with van der Waals surface area (Å²) in [6.45, 7) is 6.43. The Morgan fingerprint density at radius 1 is 0.920 bits per heavy atom. The maximum Gasteiger partial charge on any atom is 0.295 e. The van der Waals surface area contributed by atoms with Gasteiger partial charge in [0, 0.05) is 38.4 Å². The van der Waals surface area contributed by atoms with Crippen molar-refractivity contribution in [1.29, 1.82) is 0 Å². The molecule has 3 aromatic rings. The molecule has 2 aromatic carbocycles. The van der Waals surface area contributed by atoms with E-state index in [4.69, 9.17) is 4.42 Å². The molecule has 1 saturated heterocycles. The zero-order chi connectivity index (χ0) is 16.9. The number of para-hydroxylation sites is 3. The Kier molecular flexibility index (Phi) is 4.84. The van der Waals surface area contributed by atoms with E-state index in [-0.39, 0.29) is 0 Å². The third kappa shape index (κ3) is 3.94. The molecule has 2 heterocycles. The Labute approximate surface area is 148 Å². The van der Waals surface area contributed by atoms with Crippen LogP contribution in [0.25, 0.3) is 11.1 Å². The van der Waals surface area contributed by atoms with Crippen molar-refractivity contribution in [3.05, 3.63) is 54.6 Å². The Morgan fingerprint density at radius 3 is 2.48 bits per heavy atom. The van der Waals surface area contributed by atoms with Crippen molar-refractivity contribution in [3.8, 4) is 0 Å². The van der Waals surface area contributed by atoms with E-state index in [0.29, 0.717) is 6.01 Å². The summed E-state index contributed by atoms with van der Waals surface area (Å²) in [6.07, 6.45) is 1.09. The van der Waals surface area contributed by atoms with Gasteiger partial charge in [0.1, 0.15) is 5.52 Å². The van der Waals surface area contributed by atoms with Gasteiger partial charge in [0.25, 0.3) is 6.01 Å². The highest BCUT2D eigenvalue weighted by Crippen LogP contribution is 2.18. The third-order valence-corrected chi connectivity index (χ3v) is 4.71. The van der Waals surface area contributed by atoms with Gasteiger partial charge in [0.05, 0.1) is 0 Å². The number of rotatable bonds is 6. The van der Waals surface area contributed by atoms with Gasteiger partial charge in [-0.2, -0.15) is 4.98 Å². The second-order valence-electron chi connectivity index (χ2n) is 6.43. The summed E-state index contributed by atoms with van der Waals surface area (Å²) < 4.78 is 5.68. The van der Waals surface area contributed by atoms with Gasteiger partial charge in [0.15, 0.2) is 5.58 Å². The van der Waals surface area contributed by atoms with Gasteiger partial charge >= 0.3 is 0 Å². The van der Waals surface area contributed by atoms with E-state index in [9.17, 15) is 0 Å². The number of hydrogen-bond acceptors (Lipinski definition) is 5. The summed E-state index contributed by atoms with van der Waals surface area (Å²) in [7, 11) is 0. The second kappa shape index (κ2) is 7.57. The van der Waals surface area contributed by atoms with E-state index in [1.165, 1.54) is 5.69 Å². The molecular formula is C20H24N4O.